The molecular weight excluding hydrogens is 253 g/mol. The molecule has 1 aliphatic rings. The molecule has 0 atom stereocenters. The van der Waals surface area contributed by atoms with Crippen molar-refractivity contribution in [2.75, 3.05) is 19.8 Å². The van der Waals surface area contributed by atoms with Crippen molar-refractivity contribution in [2.45, 2.75) is 45.1 Å². The Bertz CT molecular complexity index is 384. The monoisotopic (exact) mass is 279 g/mol. The third-order valence-corrected chi connectivity index (χ3v) is 4.00. The molecule has 20 heavy (non-hydrogen) atoms. The van der Waals surface area contributed by atoms with Gasteiger partial charge in [0.25, 0.3) is 0 Å². The highest BCUT2D eigenvalue weighted by atomic mass is 19.1. The second-order valence-corrected chi connectivity index (χ2v) is 6.17. The second-order valence-electron chi connectivity index (χ2n) is 6.17. The second kappa shape index (κ2) is 7.75. The minimum Gasteiger partial charge on any atom is -0.380 e. The number of halogens is 1. The van der Waals surface area contributed by atoms with Crippen molar-refractivity contribution < 1.29 is 9.13 Å². The Labute approximate surface area is 121 Å². The Balaban J connectivity index is 1.52. The Morgan fingerprint density at radius 1 is 1.20 bits per heavy atom. The van der Waals surface area contributed by atoms with E-state index < -0.39 is 0 Å². The molecule has 0 unspecified atom stereocenters. The van der Waals surface area contributed by atoms with Crippen LogP contribution in [0.1, 0.15) is 44.6 Å². The lowest BCUT2D eigenvalue weighted by atomic mass is 9.76. The van der Waals surface area contributed by atoms with E-state index in [0.717, 1.165) is 39.0 Å². The molecular formula is C17H26FNO. The summed E-state index contributed by atoms with van der Waals surface area (Å²) in [6, 6.07) is 7.52. The average molecular weight is 279 g/mol. The molecule has 1 saturated carbocycles. The van der Waals surface area contributed by atoms with Gasteiger partial charge in [-0.25, -0.2) is 4.39 Å². The molecule has 1 aromatic carbocycles. The van der Waals surface area contributed by atoms with Crippen molar-refractivity contribution in [1.29, 1.82) is 0 Å². The molecule has 0 aliphatic heterocycles. The molecule has 0 aromatic heterocycles. The predicted octanol–water partition coefficient (Wildman–Crippen LogP) is 3.72. The topological polar surface area (TPSA) is 21.3 Å². The van der Waals surface area contributed by atoms with Crippen LogP contribution in [0.3, 0.4) is 0 Å². The summed E-state index contributed by atoms with van der Waals surface area (Å²) < 4.78 is 18.4. The van der Waals surface area contributed by atoms with E-state index in [1.807, 2.05) is 12.1 Å². The molecule has 0 amide bonds. The van der Waals surface area contributed by atoms with Gasteiger partial charge in [-0.2, -0.15) is 0 Å². The molecule has 1 aliphatic carbocycles. The van der Waals surface area contributed by atoms with Crippen LogP contribution in [0.5, 0.6) is 0 Å². The third-order valence-electron chi connectivity index (χ3n) is 4.00. The fourth-order valence-electron chi connectivity index (χ4n) is 2.55. The highest BCUT2D eigenvalue weighted by molar-refractivity contribution is 5.23. The lowest BCUT2D eigenvalue weighted by Gasteiger charge is -2.36. The predicted molar refractivity (Wildman–Crippen MR) is 80.4 cm³/mol. The van der Waals surface area contributed by atoms with Crippen LogP contribution in [0, 0.1) is 11.7 Å². The number of ether oxygens (including phenoxy) is 1. The molecule has 3 heteroatoms. The van der Waals surface area contributed by atoms with Crippen LogP contribution in [0.25, 0.3) is 0 Å². The molecule has 1 N–H and O–H groups in total. The zero-order chi connectivity index (χ0) is 14.4. The van der Waals surface area contributed by atoms with E-state index in [0.29, 0.717) is 17.9 Å². The number of hydrogen-bond donors (Lipinski definition) is 1. The summed E-state index contributed by atoms with van der Waals surface area (Å²) in [6.07, 6.45) is 3.44. The summed E-state index contributed by atoms with van der Waals surface area (Å²) in [5, 5.41) is 3.52. The highest BCUT2D eigenvalue weighted by Gasteiger charge is 2.29. The Morgan fingerprint density at radius 2 is 1.90 bits per heavy atom. The zero-order valence-electron chi connectivity index (χ0n) is 12.6. The molecule has 1 aromatic rings. The van der Waals surface area contributed by atoms with Crippen molar-refractivity contribution in [2.24, 2.45) is 5.92 Å². The summed E-state index contributed by atoms with van der Waals surface area (Å²) >= 11 is 0. The summed E-state index contributed by atoms with van der Waals surface area (Å²) in [4.78, 5) is 0. The van der Waals surface area contributed by atoms with E-state index in [4.69, 9.17) is 4.74 Å². The van der Waals surface area contributed by atoms with Crippen LogP contribution in [-0.2, 0) is 4.74 Å². The highest BCUT2D eigenvalue weighted by Crippen LogP contribution is 2.36. The van der Waals surface area contributed by atoms with E-state index in [2.05, 4.69) is 19.2 Å². The van der Waals surface area contributed by atoms with Crippen LogP contribution >= 0.6 is 0 Å². The average Bonchev–Trinajstić information content (AvgIpc) is 2.37. The standard InChI is InChI=1S/C17H26FNO/c1-13(2)7-9-20-10-8-19-17-11-15(12-17)14-3-5-16(18)6-4-14/h3-6,13,15,17,19H,7-12H2,1-2H3. The summed E-state index contributed by atoms with van der Waals surface area (Å²) in [7, 11) is 0. The maximum absolute atomic E-state index is 12.8. The fourth-order valence-corrected chi connectivity index (χ4v) is 2.55. The Morgan fingerprint density at radius 3 is 2.55 bits per heavy atom. The lowest BCUT2D eigenvalue weighted by molar-refractivity contribution is 0.119. The Hall–Kier alpha value is -0.930. The molecule has 2 nitrogen and oxygen atoms in total. The van der Waals surface area contributed by atoms with Gasteiger partial charge in [0.1, 0.15) is 5.82 Å². The van der Waals surface area contributed by atoms with E-state index in [9.17, 15) is 4.39 Å². The Kier molecular flexibility index (Phi) is 5.99. The smallest absolute Gasteiger partial charge is 0.123 e. The van der Waals surface area contributed by atoms with Crippen molar-refractivity contribution >= 4 is 0 Å². The van der Waals surface area contributed by atoms with E-state index in [-0.39, 0.29) is 5.82 Å². The van der Waals surface area contributed by atoms with Gasteiger partial charge in [-0.15, -0.1) is 0 Å². The van der Waals surface area contributed by atoms with Gasteiger partial charge >= 0.3 is 0 Å². The lowest BCUT2D eigenvalue weighted by Crippen LogP contribution is -2.41. The van der Waals surface area contributed by atoms with Crippen molar-refractivity contribution in [1.82, 2.24) is 5.32 Å². The third kappa shape index (κ3) is 4.88. The molecule has 0 heterocycles. The molecule has 0 radical (unpaired) electrons. The normalized spacial score (nSPS) is 22.0. The first-order valence-electron chi connectivity index (χ1n) is 7.71. The van der Waals surface area contributed by atoms with Crippen LogP contribution < -0.4 is 5.32 Å². The van der Waals surface area contributed by atoms with Gasteiger partial charge in [0, 0.05) is 19.2 Å². The van der Waals surface area contributed by atoms with E-state index in [1.54, 1.807) is 12.1 Å². The number of hydrogen-bond acceptors (Lipinski definition) is 2. The summed E-state index contributed by atoms with van der Waals surface area (Å²) in [6.45, 7) is 7.02. The van der Waals surface area contributed by atoms with Crippen molar-refractivity contribution in [3.8, 4) is 0 Å². The van der Waals surface area contributed by atoms with Crippen molar-refractivity contribution in [3.63, 3.8) is 0 Å². The van der Waals surface area contributed by atoms with Crippen LogP contribution in [-0.4, -0.2) is 25.8 Å². The quantitative estimate of drug-likeness (QED) is 0.732. The maximum Gasteiger partial charge on any atom is 0.123 e. The van der Waals surface area contributed by atoms with Gasteiger partial charge < -0.3 is 10.1 Å². The number of nitrogens with one attached hydrogen (secondary N) is 1. The van der Waals surface area contributed by atoms with Gasteiger partial charge in [0.05, 0.1) is 6.61 Å². The van der Waals surface area contributed by atoms with Gasteiger partial charge in [0.2, 0.25) is 0 Å². The minimum absolute atomic E-state index is 0.152. The first kappa shape index (κ1) is 15.5. The zero-order valence-corrected chi connectivity index (χ0v) is 12.6. The van der Waals surface area contributed by atoms with Crippen LogP contribution in [0.15, 0.2) is 24.3 Å². The molecule has 1 fully saturated rings. The molecule has 112 valence electrons. The van der Waals surface area contributed by atoms with Gasteiger partial charge in [-0.3, -0.25) is 0 Å². The maximum atomic E-state index is 12.8. The fraction of sp³-hybridized carbons (Fsp3) is 0.647. The van der Waals surface area contributed by atoms with Crippen LogP contribution in [0.2, 0.25) is 0 Å². The van der Waals surface area contributed by atoms with Gasteiger partial charge in [0.15, 0.2) is 0 Å². The molecule has 0 saturated heterocycles. The first-order chi connectivity index (χ1) is 9.65. The van der Waals surface area contributed by atoms with E-state index >= 15 is 0 Å². The minimum atomic E-state index is -0.152. The molecule has 2 rings (SSSR count). The van der Waals surface area contributed by atoms with Gasteiger partial charge in [-0.05, 0) is 48.8 Å². The number of rotatable bonds is 8. The summed E-state index contributed by atoms with van der Waals surface area (Å²) in [5.41, 5.74) is 1.26. The molecule has 0 spiro atoms. The largest absolute Gasteiger partial charge is 0.380 e. The SMILES string of the molecule is CC(C)CCOCCNC1CC(c2ccc(F)cc2)C1. The van der Waals surface area contributed by atoms with E-state index in [1.165, 1.54) is 5.56 Å². The first-order valence-corrected chi connectivity index (χ1v) is 7.71. The summed E-state index contributed by atoms with van der Waals surface area (Å²) in [5.74, 6) is 1.15. The number of benzene rings is 1. The van der Waals surface area contributed by atoms with Crippen LogP contribution in [0.4, 0.5) is 4.39 Å². The van der Waals surface area contributed by atoms with Crippen molar-refractivity contribution in [3.05, 3.63) is 35.6 Å². The van der Waals surface area contributed by atoms with Gasteiger partial charge in [-0.1, -0.05) is 26.0 Å². The molecule has 0 bridgehead atoms.